The number of carboxylic acids is 1. The lowest BCUT2D eigenvalue weighted by atomic mass is 10.0. The van der Waals surface area contributed by atoms with E-state index >= 15 is 0 Å². The average Bonchev–Trinajstić information content (AvgIpc) is 3.42. The van der Waals surface area contributed by atoms with Crippen molar-refractivity contribution in [2.75, 3.05) is 5.32 Å². The first-order chi connectivity index (χ1) is 17.2. The Morgan fingerprint density at radius 1 is 1.19 bits per heavy atom. The second-order valence-electron chi connectivity index (χ2n) is 7.35. The minimum Gasteiger partial charge on any atom is -0.475 e. The molecule has 0 aliphatic carbocycles. The standard InChI is InChI=1S/C21H12ClF2N5O4S.C2H6/c22-12-3-1-8(23)5-10(12)15-17-18(26-19(21(32)33)29(17)7-14(30)25-15)27-20(31)16-11-6-9(24)2-4-13(11)34-28-16;1-2/h1-6,15H,7H2,(H,25,30)(H,27,31)(H,32,33);1-2H3. The highest BCUT2D eigenvalue weighted by molar-refractivity contribution is 7.13. The molecule has 1 aliphatic heterocycles. The van der Waals surface area contributed by atoms with Crippen molar-refractivity contribution in [2.24, 2.45) is 0 Å². The first-order valence-electron chi connectivity index (χ1n) is 10.7. The van der Waals surface area contributed by atoms with E-state index in [4.69, 9.17) is 11.6 Å². The van der Waals surface area contributed by atoms with Crippen molar-refractivity contribution >= 4 is 56.8 Å². The van der Waals surface area contributed by atoms with E-state index in [2.05, 4.69) is 20.0 Å². The Balaban J connectivity index is 0.00000148. The number of carbonyl (C=O) groups excluding carboxylic acids is 2. The number of carbonyl (C=O) groups is 3. The summed E-state index contributed by atoms with van der Waals surface area (Å²) in [5.74, 6) is -4.66. The van der Waals surface area contributed by atoms with Crippen molar-refractivity contribution in [2.45, 2.75) is 26.4 Å². The lowest BCUT2D eigenvalue weighted by molar-refractivity contribution is -0.123. The van der Waals surface area contributed by atoms with E-state index in [9.17, 15) is 28.3 Å². The Hall–Kier alpha value is -3.90. The average molecular weight is 534 g/mol. The van der Waals surface area contributed by atoms with E-state index in [0.29, 0.717) is 4.70 Å². The maximum Gasteiger partial charge on any atom is 0.372 e. The summed E-state index contributed by atoms with van der Waals surface area (Å²) >= 11 is 7.23. The van der Waals surface area contributed by atoms with Crippen LogP contribution < -0.4 is 10.6 Å². The van der Waals surface area contributed by atoms with E-state index < -0.39 is 47.8 Å². The van der Waals surface area contributed by atoms with Crippen LogP contribution in [0.5, 0.6) is 0 Å². The zero-order chi connectivity index (χ0) is 26.1. The fraction of sp³-hybridized carbons (Fsp3) is 0.174. The Morgan fingerprint density at radius 3 is 2.61 bits per heavy atom. The second-order valence-corrected chi connectivity index (χ2v) is 8.56. The number of aromatic nitrogens is 3. The minimum atomic E-state index is -1.44. The van der Waals surface area contributed by atoms with Crippen molar-refractivity contribution in [3.05, 3.63) is 75.8 Å². The fourth-order valence-corrected chi connectivity index (χ4v) is 4.77. The summed E-state index contributed by atoms with van der Waals surface area (Å²) in [6.07, 6.45) is 0. The van der Waals surface area contributed by atoms with Gasteiger partial charge in [0.05, 0.1) is 16.4 Å². The number of halogens is 3. The number of rotatable bonds is 4. The SMILES string of the molecule is CC.O=C1Cn2c(C(=O)O)nc(NC(=O)c3nsc4ccc(F)cc34)c2C(c2cc(F)ccc2Cl)N1. The highest BCUT2D eigenvalue weighted by Gasteiger charge is 2.36. The van der Waals surface area contributed by atoms with E-state index in [1.165, 1.54) is 18.2 Å². The van der Waals surface area contributed by atoms with Crippen molar-refractivity contribution in [3.63, 3.8) is 0 Å². The number of amides is 2. The number of hydrogen-bond donors (Lipinski definition) is 3. The summed E-state index contributed by atoms with van der Waals surface area (Å²) in [5.41, 5.74) is 0.145. The number of carboxylic acid groups (broad SMARTS) is 1. The molecule has 36 heavy (non-hydrogen) atoms. The molecule has 9 nitrogen and oxygen atoms in total. The Labute approximate surface area is 211 Å². The molecule has 3 heterocycles. The van der Waals surface area contributed by atoms with Gasteiger partial charge in [-0.1, -0.05) is 25.4 Å². The monoisotopic (exact) mass is 533 g/mol. The van der Waals surface area contributed by atoms with Gasteiger partial charge in [-0.15, -0.1) is 0 Å². The molecule has 3 N–H and O–H groups in total. The lowest BCUT2D eigenvalue weighted by Gasteiger charge is -2.27. The second kappa shape index (κ2) is 9.99. The first kappa shape index (κ1) is 25.2. The summed E-state index contributed by atoms with van der Waals surface area (Å²) in [5, 5.41) is 15.1. The van der Waals surface area contributed by atoms with Gasteiger partial charge < -0.3 is 20.3 Å². The molecule has 0 saturated heterocycles. The van der Waals surface area contributed by atoms with Gasteiger partial charge in [-0.05, 0) is 47.9 Å². The molecule has 0 radical (unpaired) electrons. The van der Waals surface area contributed by atoms with Crippen LogP contribution in [0.15, 0.2) is 36.4 Å². The van der Waals surface area contributed by atoms with Crippen LogP contribution in [0.3, 0.4) is 0 Å². The normalized spacial score (nSPS) is 14.5. The molecule has 5 rings (SSSR count). The number of nitrogens with zero attached hydrogens (tertiary/aromatic N) is 3. The fourth-order valence-electron chi connectivity index (χ4n) is 3.79. The Kier molecular flexibility index (Phi) is 7.00. The van der Waals surface area contributed by atoms with Gasteiger partial charge in [0.1, 0.15) is 23.9 Å². The van der Waals surface area contributed by atoms with Crippen molar-refractivity contribution in [1.82, 2.24) is 19.2 Å². The number of benzene rings is 2. The van der Waals surface area contributed by atoms with Crippen LogP contribution in [0.25, 0.3) is 10.1 Å². The van der Waals surface area contributed by atoms with E-state index in [1.54, 1.807) is 0 Å². The van der Waals surface area contributed by atoms with Gasteiger partial charge >= 0.3 is 5.97 Å². The van der Waals surface area contributed by atoms with E-state index in [-0.39, 0.29) is 33.2 Å². The van der Waals surface area contributed by atoms with Crippen LogP contribution in [0.4, 0.5) is 14.6 Å². The highest BCUT2D eigenvalue weighted by Crippen LogP contribution is 2.36. The number of anilines is 1. The Morgan fingerprint density at radius 2 is 1.89 bits per heavy atom. The van der Waals surface area contributed by atoms with Crippen molar-refractivity contribution in [3.8, 4) is 0 Å². The van der Waals surface area contributed by atoms with Gasteiger partial charge in [-0.25, -0.2) is 18.6 Å². The predicted octanol–water partition coefficient (Wildman–Crippen LogP) is 4.62. The number of imidazole rings is 1. The van der Waals surface area contributed by atoms with Crippen LogP contribution in [-0.2, 0) is 11.3 Å². The molecule has 186 valence electrons. The molecule has 4 aromatic rings. The topological polar surface area (TPSA) is 126 Å². The minimum absolute atomic E-state index is 0.0849. The summed E-state index contributed by atoms with van der Waals surface area (Å²) in [7, 11) is 0. The van der Waals surface area contributed by atoms with Crippen molar-refractivity contribution in [1.29, 1.82) is 0 Å². The number of aromatic carboxylic acids is 1. The molecule has 0 spiro atoms. The zero-order valence-electron chi connectivity index (χ0n) is 18.8. The van der Waals surface area contributed by atoms with Crippen LogP contribution in [-0.4, -0.2) is 36.8 Å². The zero-order valence-corrected chi connectivity index (χ0v) is 20.4. The molecule has 2 aromatic carbocycles. The summed E-state index contributed by atoms with van der Waals surface area (Å²) < 4.78 is 33.5. The van der Waals surface area contributed by atoms with Gasteiger partial charge in [-0.3, -0.25) is 9.59 Å². The molecule has 13 heteroatoms. The molecule has 1 aliphatic rings. The third-order valence-corrected chi connectivity index (χ3v) is 6.40. The quantitative estimate of drug-likeness (QED) is 0.351. The summed E-state index contributed by atoms with van der Waals surface area (Å²) in [6, 6.07) is 6.30. The highest BCUT2D eigenvalue weighted by atomic mass is 35.5. The van der Waals surface area contributed by atoms with Gasteiger partial charge in [0.2, 0.25) is 11.7 Å². The van der Waals surface area contributed by atoms with E-state index in [1.807, 2.05) is 13.8 Å². The number of hydrogen-bond acceptors (Lipinski definition) is 6. The van der Waals surface area contributed by atoms with Crippen molar-refractivity contribution < 1.29 is 28.3 Å². The number of nitrogens with one attached hydrogen (secondary N) is 2. The first-order valence-corrected chi connectivity index (χ1v) is 11.8. The maximum absolute atomic E-state index is 14.0. The molecule has 2 aromatic heterocycles. The largest absolute Gasteiger partial charge is 0.475 e. The summed E-state index contributed by atoms with van der Waals surface area (Å²) in [6.45, 7) is 3.61. The molecule has 0 fully saturated rings. The molecule has 1 unspecified atom stereocenters. The van der Waals surface area contributed by atoms with Crippen LogP contribution in [0.1, 0.15) is 52.3 Å². The third kappa shape index (κ3) is 4.52. The van der Waals surface area contributed by atoms with Gasteiger partial charge in [0.15, 0.2) is 5.82 Å². The molecule has 0 saturated carbocycles. The van der Waals surface area contributed by atoms with Crippen LogP contribution >= 0.6 is 23.1 Å². The molecule has 0 bridgehead atoms. The van der Waals surface area contributed by atoms with Gasteiger partial charge in [0, 0.05) is 16.0 Å². The Bertz CT molecular complexity index is 1520. The van der Waals surface area contributed by atoms with Crippen LogP contribution in [0.2, 0.25) is 5.02 Å². The third-order valence-electron chi connectivity index (χ3n) is 5.23. The van der Waals surface area contributed by atoms with Gasteiger partial charge in [0.25, 0.3) is 5.91 Å². The predicted molar refractivity (Wildman–Crippen MR) is 129 cm³/mol. The van der Waals surface area contributed by atoms with E-state index in [0.717, 1.165) is 34.3 Å². The molecule has 1 atom stereocenters. The van der Waals surface area contributed by atoms with Gasteiger partial charge in [-0.2, -0.15) is 4.37 Å². The van der Waals surface area contributed by atoms with Crippen LogP contribution in [0, 0.1) is 11.6 Å². The molecular formula is C23H18ClF2N5O4S. The molecular weight excluding hydrogens is 516 g/mol. The smallest absolute Gasteiger partial charge is 0.372 e. The summed E-state index contributed by atoms with van der Waals surface area (Å²) in [4.78, 5) is 41.2. The lowest BCUT2D eigenvalue weighted by Crippen LogP contribution is -2.40. The number of fused-ring (bicyclic) bond motifs is 2. The molecule has 2 amide bonds. The maximum atomic E-state index is 14.0.